The van der Waals surface area contributed by atoms with Crippen LogP contribution in [0.5, 0.6) is 0 Å². The Balaban J connectivity index is 1.99. The van der Waals surface area contributed by atoms with Crippen LogP contribution in [0.25, 0.3) is 0 Å². The van der Waals surface area contributed by atoms with E-state index in [1.54, 1.807) is 36.0 Å². The van der Waals surface area contributed by atoms with Crippen molar-refractivity contribution in [3.63, 3.8) is 0 Å². The van der Waals surface area contributed by atoms with Gasteiger partial charge in [0.05, 0.1) is 5.25 Å². The molecule has 110 valence electrons. The van der Waals surface area contributed by atoms with E-state index in [1.807, 2.05) is 0 Å². The smallest absolute Gasteiger partial charge is 0.237 e. The molecule has 0 radical (unpaired) electrons. The summed E-state index contributed by atoms with van der Waals surface area (Å²) in [5.41, 5.74) is 0.431. The third-order valence-corrected chi connectivity index (χ3v) is 3.74. The molecule has 0 aliphatic rings. The van der Waals surface area contributed by atoms with E-state index < -0.39 is 0 Å². The van der Waals surface area contributed by atoms with Crippen LogP contribution in [0.4, 0.5) is 10.1 Å². The Labute approximate surface area is 126 Å². The number of benzene rings is 1. The van der Waals surface area contributed by atoms with Crippen molar-refractivity contribution in [3.8, 4) is 0 Å². The predicted octanol–water partition coefficient (Wildman–Crippen LogP) is 2.72. The first-order valence-corrected chi connectivity index (χ1v) is 7.20. The third-order valence-electron chi connectivity index (χ3n) is 2.65. The summed E-state index contributed by atoms with van der Waals surface area (Å²) in [6.07, 6.45) is 3.31. The second-order valence-electron chi connectivity index (χ2n) is 4.31. The summed E-state index contributed by atoms with van der Waals surface area (Å²) in [6.45, 7) is 5.99. The number of thioether (sulfide) groups is 1. The molecule has 0 saturated carbocycles. The number of amides is 1. The van der Waals surface area contributed by atoms with Crippen LogP contribution in [-0.2, 0) is 11.3 Å². The minimum Gasteiger partial charge on any atom is -0.325 e. The molecule has 2 aromatic rings. The highest BCUT2D eigenvalue weighted by Crippen LogP contribution is 2.22. The maximum atomic E-state index is 13.1. The summed E-state index contributed by atoms with van der Waals surface area (Å²) < 4.78 is 14.9. The van der Waals surface area contributed by atoms with Gasteiger partial charge in [-0.05, 0) is 25.1 Å². The first-order valence-electron chi connectivity index (χ1n) is 6.32. The lowest BCUT2D eigenvalue weighted by Crippen LogP contribution is -2.23. The first kappa shape index (κ1) is 15.2. The van der Waals surface area contributed by atoms with Gasteiger partial charge in [0.2, 0.25) is 5.91 Å². The predicted molar refractivity (Wildman–Crippen MR) is 80.6 cm³/mol. The number of nitrogens with zero attached hydrogens (tertiary/aromatic N) is 3. The molecule has 5 nitrogen and oxygen atoms in total. The van der Waals surface area contributed by atoms with Crippen LogP contribution in [0.3, 0.4) is 0 Å². The summed E-state index contributed by atoms with van der Waals surface area (Å²) in [5.74, 6) is -0.613. The fourth-order valence-corrected chi connectivity index (χ4v) is 2.46. The number of anilines is 1. The minimum atomic E-state index is -0.390. The Bertz CT molecular complexity index is 643. The Morgan fingerprint density at radius 2 is 2.43 bits per heavy atom. The second-order valence-corrected chi connectivity index (χ2v) is 5.62. The normalized spacial score (nSPS) is 11.9. The summed E-state index contributed by atoms with van der Waals surface area (Å²) in [6, 6.07) is 5.78. The molecule has 1 atom stereocenters. The van der Waals surface area contributed by atoms with E-state index in [0.29, 0.717) is 17.4 Å². The van der Waals surface area contributed by atoms with Crippen LogP contribution in [0.1, 0.15) is 6.92 Å². The van der Waals surface area contributed by atoms with Gasteiger partial charge in [-0.2, -0.15) is 0 Å². The molecule has 1 aromatic carbocycles. The monoisotopic (exact) mass is 306 g/mol. The number of allylic oxidation sites excluding steroid dienone is 1. The van der Waals surface area contributed by atoms with E-state index in [9.17, 15) is 9.18 Å². The number of carbonyl (C=O) groups is 1. The topological polar surface area (TPSA) is 59.8 Å². The molecule has 0 saturated heterocycles. The first-order chi connectivity index (χ1) is 10.1. The molecule has 1 N–H and O–H groups in total. The average Bonchev–Trinajstić information content (AvgIpc) is 2.86. The van der Waals surface area contributed by atoms with Gasteiger partial charge in [-0.3, -0.25) is 4.79 Å². The van der Waals surface area contributed by atoms with Crippen molar-refractivity contribution in [2.75, 3.05) is 5.32 Å². The Kier molecular flexibility index (Phi) is 5.10. The molecule has 21 heavy (non-hydrogen) atoms. The zero-order valence-corrected chi connectivity index (χ0v) is 12.3. The van der Waals surface area contributed by atoms with Gasteiger partial charge in [0, 0.05) is 12.2 Å². The molecule has 7 heteroatoms. The summed E-state index contributed by atoms with van der Waals surface area (Å²) >= 11 is 1.28. The molecule has 0 unspecified atom stereocenters. The summed E-state index contributed by atoms with van der Waals surface area (Å²) in [5, 5.41) is 10.7. The summed E-state index contributed by atoms with van der Waals surface area (Å²) in [7, 11) is 0. The van der Waals surface area contributed by atoms with Crippen molar-refractivity contribution in [2.24, 2.45) is 0 Å². The van der Waals surface area contributed by atoms with Crippen molar-refractivity contribution in [2.45, 2.75) is 23.9 Å². The van der Waals surface area contributed by atoms with Crippen molar-refractivity contribution in [1.82, 2.24) is 14.8 Å². The number of hydrogen-bond donors (Lipinski definition) is 1. The van der Waals surface area contributed by atoms with Crippen molar-refractivity contribution in [3.05, 3.63) is 49.1 Å². The third kappa shape index (κ3) is 4.16. The standard InChI is InChI=1S/C14H15FN4OS/c1-3-7-19-9-16-18-14(19)21-10(2)13(20)17-12-6-4-5-11(15)8-12/h3-6,8-10H,1,7H2,2H3,(H,17,20)/t10-/m1/s1. The van der Waals surface area contributed by atoms with Crippen LogP contribution in [-0.4, -0.2) is 25.9 Å². The highest BCUT2D eigenvalue weighted by Gasteiger charge is 2.17. The van der Waals surface area contributed by atoms with Crippen LogP contribution in [0.15, 0.2) is 48.4 Å². The Hall–Kier alpha value is -2.15. The van der Waals surface area contributed by atoms with E-state index in [-0.39, 0.29) is 17.0 Å². The van der Waals surface area contributed by atoms with Gasteiger partial charge in [0.25, 0.3) is 0 Å². The van der Waals surface area contributed by atoms with Gasteiger partial charge >= 0.3 is 0 Å². The SMILES string of the molecule is C=CCn1cnnc1S[C@H](C)C(=O)Nc1cccc(F)c1. The number of carbonyl (C=O) groups excluding carboxylic acids is 1. The van der Waals surface area contributed by atoms with E-state index in [0.717, 1.165) is 0 Å². The van der Waals surface area contributed by atoms with Gasteiger partial charge in [0.15, 0.2) is 5.16 Å². The van der Waals surface area contributed by atoms with Gasteiger partial charge in [-0.1, -0.05) is 23.9 Å². The van der Waals surface area contributed by atoms with E-state index in [1.165, 1.54) is 23.9 Å². The zero-order chi connectivity index (χ0) is 15.2. The number of nitrogens with one attached hydrogen (secondary N) is 1. The van der Waals surface area contributed by atoms with Gasteiger partial charge in [-0.15, -0.1) is 16.8 Å². The van der Waals surface area contributed by atoms with Crippen LogP contribution in [0, 0.1) is 5.82 Å². The Morgan fingerprint density at radius 3 is 3.14 bits per heavy atom. The molecular formula is C14H15FN4OS. The molecule has 1 amide bonds. The number of halogens is 1. The van der Waals surface area contributed by atoms with Crippen molar-refractivity contribution >= 4 is 23.4 Å². The molecule has 1 aromatic heterocycles. The Morgan fingerprint density at radius 1 is 1.62 bits per heavy atom. The highest BCUT2D eigenvalue weighted by molar-refractivity contribution is 8.00. The fraction of sp³-hybridized carbons (Fsp3) is 0.214. The lowest BCUT2D eigenvalue weighted by atomic mass is 10.3. The maximum Gasteiger partial charge on any atom is 0.237 e. The van der Waals surface area contributed by atoms with Crippen molar-refractivity contribution < 1.29 is 9.18 Å². The molecule has 0 spiro atoms. The number of rotatable bonds is 6. The molecule has 0 fully saturated rings. The van der Waals surface area contributed by atoms with Crippen LogP contribution < -0.4 is 5.32 Å². The molecule has 0 aliphatic heterocycles. The van der Waals surface area contributed by atoms with E-state index >= 15 is 0 Å². The fourth-order valence-electron chi connectivity index (χ4n) is 1.62. The minimum absolute atomic E-state index is 0.223. The van der Waals surface area contributed by atoms with E-state index in [2.05, 4.69) is 22.1 Å². The summed E-state index contributed by atoms with van der Waals surface area (Å²) in [4.78, 5) is 12.1. The molecule has 1 heterocycles. The average molecular weight is 306 g/mol. The zero-order valence-electron chi connectivity index (χ0n) is 11.5. The highest BCUT2D eigenvalue weighted by atomic mass is 32.2. The second kappa shape index (κ2) is 7.03. The van der Waals surface area contributed by atoms with Gasteiger partial charge < -0.3 is 9.88 Å². The lowest BCUT2D eigenvalue weighted by molar-refractivity contribution is -0.115. The van der Waals surface area contributed by atoms with E-state index in [4.69, 9.17) is 0 Å². The van der Waals surface area contributed by atoms with Crippen molar-refractivity contribution in [1.29, 1.82) is 0 Å². The maximum absolute atomic E-state index is 13.1. The van der Waals surface area contributed by atoms with Crippen LogP contribution in [0.2, 0.25) is 0 Å². The molecular weight excluding hydrogens is 291 g/mol. The number of hydrogen-bond acceptors (Lipinski definition) is 4. The number of aromatic nitrogens is 3. The lowest BCUT2D eigenvalue weighted by Gasteiger charge is -2.11. The molecule has 0 bridgehead atoms. The van der Waals surface area contributed by atoms with Gasteiger partial charge in [0.1, 0.15) is 12.1 Å². The van der Waals surface area contributed by atoms with Gasteiger partial charge in [-0.25, -0.2) is 4.39 Å². The molecule has 2 rings (SSSR count). The van der Waals surface area contributed by atoms with Crippen LogP contribution >= 0.6 is 11.8 Å². The quantitative estimate of drug-likeness (QED) is 0.658. The molecule has 0 aliphatic carbocycles. The largest absolute Gasteiger partial charge is 0.325 e.